The third-order valence-electron chi connectivity index (χ3n) is 2.65. The lowest BCUT2D eigenvalue weighted by Gasteiger charge is -2.12. The SMILES string of the molecule is Cc1cc(Cl)ccc1C(=O)NCC(C)CCBr. The van der Waals surface area contributed by atoms with Crippen LogP contribution in [0.5, 0.6) is 0 Å². The van der Waals surface area contributed by atoms with Gasteiger partial charge < -0.3 is 5.32 Å². The van der Waals surface area contributed by atoms with Crippen LogP contribution in [-0.4, -0.2) is 17.8 Å². The van der Waals surface area contributed by atoms with Crippen molar-refractivity contribution in [2.75, 3.05) is 11.9 Å². The Bertz CT molecular complexity index is 395. The van der Waals surface area contributed by atoms with Crippen molar-refractivity contribution in [2.24, 2.45) is 5.92 Å². The molecule has 0 spiro atoms. The molecule has 1 atom stereocenters. The van der Waals surface area contributed by atoms with Crippen molar-refractivity contribution < 1.29 is 4.79 Å². The summed E-state index contributed by atoms with van der Waals surface area (Å²) in [5.74, 6) is 0.450. The van der Waals surface area contributed by atoms with E-state index < -0.39 is 0 Å². The molecule has 1 amide bonds. The largest absolute Gasteiger partial charge is 0.352 e. The maximum Gasteiger partial charge on any atom is 0.251 e. The number of nitrogens with one attached hydrogen (secondary N) is 1. The molecule has 17 heavy (non-hydrogen) atoms. The van der Waals surface area contributed by atoms with Crippen LogP contribution >= 0.6 is 27.5 Å². The molecule has 0 saturated heterocycles. The van der Waals surface area contributed by atoms with E-state index in [1.807, 2.05) is 6.92 Å². The van der Waals surface area contributed by atoms with E-state index in [1.54, 1.807) is 18.2 Å². The number of amides is 1. The molecule has 0 heterocycles. The zero-order valence-corrected chi connectivity index (χ0v) is 12.4. The fraction of sp³-hybridized carbons (Fsp3) is 0.462. The van der Waals surface area contributed by atoms with Gasteiger partial charge in [-0.2, -0.15) is 0 Å². The normalized spacial score (nSPS) is 12.2. The summed E-state index contributed by atoms with van der Waals surface area (Å²) in [6.45, 7) is 4.71. The van der Waals surface area contributed by atoms with Gasteiger partial charge in [0.15, 0.2) is 0 Å². The highest BCUT2D eigenvalue weighted by Gasteiger charge is 2.10. The molecule has 94 valence electrons. The molecule has 0 aliphatic heterocycles. The average Bonchev–Trinajstić information content (AvgIpc) is 2.26. The monoisotopic (exact) mass is 317 g/mol. The second-order valence-corrected chi connectivity index (χ2v) is 5.48. The Morgan fingerprint density at radius 2 is 2.24 bits per heavy atom. The highest BCUT2D eigenvalue weighted by Crippen LogP contribution is 2.15. The van der Waals surface area contributed by atoms with Gasteiger partial charge in [0.25, 0.3) is 5.91 Å². The molecule has 4 heteroatoms. The van der Waals surface area contributed by atoms with Crippen LogP contribution in [0.2, 0.25) is 5.02 Å². The molecule has 0 aliphatic rings. The van der Waals surface area contributed by atoms with Crippen LogP contribution in [-0.2, 0) is 0 Å². The molecule has 0 bridgehead atoms. The van der Waals surface area contributed by atoms with Gasteiger partial charge in [-0.1, -0.05) is 34.5 Å². The molecule has 0 aliphatic carbocycles. The van der Waals surface area contributed by atoms with Gasteiger partial charge in [-0.15, -0.1) is 0 Å². The third kappa shape index (κ3) is 4.68. The van der Waals surface area contributed by atoms with E-state index in [2.05, 4.69) is 28.2 Å². The van der Waals surface area contributed by atoms with E-state index in [-0.39, 0.29) is 5.91 Å². The Morgan fingerprint density at radius 1 is 1.53 bits per heavy atom. The number of carbonyl (C=O) groups is 1. The minimum atomic E-state index is -0.0272. The smallest absolute Gasteiger partial charge is 0.251 e. The lowest BCUT2D eigenvalue weighted by Crippen LogP contribution is -2.28. The summed E-state index contributed by atoms with van der Waals surface area (Å²) < 4.78 is 0. The average molecular weight is 319 g/mol. The number of halogens is 2. The van der Waals surface area contributed by atoms with Crippen molar-refractivity contribution in [3.8, 4) is 0 Å². The van der Waals surface area contributed by atoms with Crippen molar-refractivity contribution in [1.29, 1.82) is 0 Å². The zero-order chi connectivity index (χ0) is 12.8. The van der Waals surface area contributed by atoms with Crippen LogP contribution in [0.25, 0.3) is 0 Å². The van der Waals surface area contributed by atoms with E-state index in [9.17, 15) is 4.79 Å². The van der Waals surface area contributed by atoms with Gasteiger partial charge in [-0.05, 0) is 43.0 Å². The van der Waals surface area contributed by atoms with Gasteiger partial charge in [0.1, 0.15) is 0 Å². The third-order valence-corrected chi connectivity index (χ3v) is 3.34. The maximum atomic E-state index is 11.9. The Balaban J connectivity index is 2.58. The first-order chi connectivity index (χ1) is 8.04. The van der Waals surface area contributed by atoms with Crippen LogP contribution in [0.1, 0.15) is 29.3 Å². The number of alkyl halides is 1. The van der Waals surface area contributed by atoms with Gasteiger partial charge in [-0.25, -0.2) is 0 Å². The zero-order valence-electron chi connectivity index (χ0n) is 10.1. The van der Waals surface area contributed by atoms with E-state index in [0.717, 1.165) is 17.3 Å². The summed E-state index contributed by atoms with van der Waals surface area (Å²) in [7, 11) is 0. The van der Waals surface area contributed by atoms with Gasteiger partial charge in [0.05, 0.1) is 0 Å². The molecule has 2 nitrogen and oxygen atoms in total. The molecule has 1 aromatic rings. The van der Waals surface area contributed by atoms with Gasteiger partial charge in [0, 0.05) is 22.5 Å². The Morgan fingerprint density at radius 3 is 2.82 bits per heavy atom. The predicted octanol–water partition coefficient (Wildman–Crippen LogP) is 3.80. The Kier molecular flexibility index (Phi) is 6.00. The van der Waals surface area contributed by atoms with Gasteiger partial charge in [0.2, 0.25) is 0 Å². The number of hydrogen-bond donors (Lipinski definition) is 1. The van der Waals surface area contributed by atoms with Gasteiger partial charge >= 0.3 is 0 Å². The molecule has 1 aromatic carbocycles. The number of carbonyl (C=O) groups excluding carboxylic acids is 1. The number of aryl methyl sites for hydroxylation is 1. The molecular weight excluding hydrogens is 302 g/mol. The van der Waals surface area contributed by atoms with Crippen LogP contribution in [0, 0.1) is 12.8 Å². The van der Waals surface area contributed by atoms with E-state index in [1.165, 1.54) is 0 Å². The first-order valence-corrected chi connectivity index (χ1v) is 7.15. The second-order valence-electron chi connectivity index (χ2n) is 4.25. The highest BCUT2D eigenvalue weighted by atomic mass is 79.9. The summed E-state index contributed by atoms with van der Waals surface area (Å²) in [4.78, 5) is 11.9. The van der Waals surface area contributed by atoms with E-state index >= 15 is 0 Å². The first-order valence-electron chi connectivity index (χ1n) is 5.65. The molecule has 1 unspecified atom stereocenters. The fourth-order valence-corrected chi connectivity index (χ4v) is 2.54. The summed E-state index contributed by atoms with van der Waals surface area (Å²) in [6, 6.07) is 5.31. The van der Waals surface area contributed by atoms with Crippen LogP contribution < -0.4 is 5.32 Å². The quantitative estimate of drug-likeness (QED) is 0.822. The molecule has 1 N–H and O–H groups in total. The number of hydrogen-bond acceptors (Lipinski definition) is 1. The topological polar surface area (TPSA) is 29.1 Å². The summed E-state index contributed by atoms with van der Waals surface area (Å²) >= 11 is 9.25. The molecule has 1 rings (SSSR count). The predicted molar refractivity (Wildman–Crippen MR) is 76.1 cm³/mol. The molecule has 0 radical (unpaired) electrons. The molecular formula is C13H17BrClNO. The Labute approximate surface area is 116 Å². The minimum Gasteiger partial charge on any atom is -0.352 e. The molecule has 0 saturated carbocycles. The molecule has 0 fully saturated rings. The van der Waals surface area contributed by atoms with E-state index in [0.29, 0.717) is 23.0 Å². The van der Waals surface area contributed by atoms with Crippen LogP contribution in [0.15, 0.2) is 18.2 Å². The Hall–Kier alpha value is -0.540. The summed E-state index contributed by atoms with van der Waals surface area (Å²) in [5.41, 5.74) is 1.60. The highest BCUT2D eigenvalue weighted by molar-refractivity contribution is 9.09. The lowest BCUT2D eigenvalue weighted by molar-refractivity contribution is 0.0947. The van der Waals surface area contributed by atoms with Crippen molar-refractivity contribution in [1.82, 2.24) is 5.32 Å². The summed E-state index contributed by atoms with van der Waals surface area (Å²) in [6.07, 6.45) is 1.06. The van der Waals surface area contributed by atoms with Crippen molar-refractivity contribution >= 4 is 33.4 Å². The lowest BCUT2D eigenvalue weighted by atomic mass is 10.1. The van der Waals surface area contributed by atoms with Crippen molar-refractivity contribution in [2.45, 2.75) is 20.3 Å². The second kappa shape index (κ2) is 7.02. The summed E-state index contributed by atoms with van der Waals surface area (Å²) in [5, 5.41) is 4.56. The van der Waals surface area contributed by atoms with E-state index in [4.69, 9.17) is 11.6 Å². The fourth-order valence-electron chi connectivity index (χ4n) is 1.53. The maximum absolute atomic E-state index is 11.9. The standard InChI is InChI=1S/C13H17BrClNO/c1-9(5-6-14)8-16-13(17)12-4-3-11(15)7-10(12)2/h3-4,7,9H,5-6,8H2,1-2H3,(H,16,17). The minimum absolute atomic E-state index is 0.0272. The van der Waals surface area contributed by atoms with Gasteiger partial charge in [-0.3, -0.25) is 4.79 Å². The first kappa shape index (κ1) is 14.5. The van der Waals surface area contributed by atoms with Crippen LogP contribution in [0.4, 0.5) is 0 Å². The number of benzene rings is 1. The number of rotatable bonds is 5. The van der Waals surface area contributed by atoms with Crippen molar-refractivity contribution in [3.05, 3.63) is 34.3 Å². The molecule has 0 aromatic heterocycles. The van der Waals surface area contributed by atoms with Crippen molar-refractivity contribution in [3.63, 3.8) is 0 Å². The van der Waals surface area contributed by atoms with Crippen LogP contribution in [0.3, 0.4) is 0 Å².